The monoisotopic (exact) mass is 307 g/mol. The minimum absolute atomic E-state index is 0.503. The molecule has 0 bridgehead atoms. The molecule has 21 heavy (non-hydrogen) atoms. The van der Waals surface area contributed by atoms with Gasteiger partial charge in [-0.2, -0.15) is 11.8 Å². The number of nitrogens with zero attached hydrogens (tertiary/aromatic N) is 2. The Hall–Kier alpha value is -0.580. The van der Waals surface area contributed by atoms with Crippen molar-refractivity contribution >= 4 is 11.8 Å². The third kappa shape index (κ3) is 4.97. The summed E-state index contributed by atoms with van der Waals surface area (Å²) in [6, 6.07) is 5.54. The molecule has 0 radical (unpaired) electrons. The van der Waals surface area contributed by atoms with E-state index in [9.17, 15) is 0 Å². The normalized spacial score (nSPS) is 21.4. The molecule has 0 saturated carbocycles. The van der Waals surface area contributed by atoms with E-state index in [1.807, 2.05) is 6.20 Å². The fourth-order valence-corrected chi connectivity index (χ4v) is 4.13. The quantitative estimate of drug-likeness (QED) is 0.838. The summed E-state index contributed by atoms with van der Waals surface area (Å²) in [6.07, 6.45) is 5.31. The number of pyridine rings is 1. The van der Waals surface area contributed by atoms with Crippen LogP contribution in [0.5, 0.6) is 0 Å². The molecule has 2 atom stereocenters. The van der Waals surface area contributed by atoms with Gasteiger partial charge in [0, 0.05) is 48.4 Å². The highest BCUT2D eigenvalue weighted by molar-refractivity contribution is 7.99. The molecule has 1 aliphatic rings. The summed E-state index contributed by atoms with van der Waals surface area (Å²) in [6.45, 7) is 6.70. The van der Waals surface area contributed by atoms with Crippen LogP contribution in [-0.4, -0.2) is 53.6 Å². The number of rotatable bonds is 7. The zero-order valence-corrected chi connectivity index (χ0v) is 14.5. The number of nitrogens with one attached hydrogen (secondary N) is 1. The molecule has 1 aliphatic heterocycles. The van der Waals surface area contributed by atoms with Gasteiger partial charge in [-0.3, -0.25) is 4.98 Å². The predicted octanol–water partition coefficient (Wildman–Crippen LogP) is 2.60. The molecule has 118 valence electrons. The van der Waals surface area contributed by atoms with Crippen LogP contribution in [0.1, 0.15) is 31.5 Å². The average molecular weight is 308 g/mol. The van der Waals surface area contributed by atoms with E-state index in [4.69, 9.17) is 0 Å². The minimum Gasteiger partial charge on any atom is -0.312 e. The van der Waals surface area contributed by atoms with Crippen LogP contribution in [0, 0.1) is 0 Å². The second-order valence-corrected chi connectivity index (χ2v) is 7.05. The van der Waals surface area contributed by atoms with Gasteiger partial charge in [0.15, 0.2) is 0 Å². The number of likely N-dealkylation sites (N-methyl/N-ethyl adjacent to an activating group) is 1. The van der Waals surface area contributed by atoms with Crippen molar-refractivity contribution in [2.75, 3.05) is 31.6 Å². The first-order valence-electron chi connectivity index (χ1n) is 8.19. The van der Waals surface area contributed by atoms with E-state index in [0.717, 1.165) is 19.4 Å². The number of aryl methyl sites for hydroxylation is 1. The van der Waals surface area contributed by atoms with Crippen LogP contribution in [0.2, 0.25) is 0 Å². The Bertz CT molecular complexity index is 407. The lowest BCUT2D eigenvalue weighted by Gasteiger charge is -2.38. The molecule has 2 unspecified atom stereocenters. The summed E-state index contributed by atoms with van der Waals surface area (Å²) in [4.78, 5) is 7.17. The molecule has 2 rings (SSSR count). The van der Waals surface area contributed by atoms with Gasteiger partial charge in [-0.1, -0.05) is 19.9 Å². The second kappa shape index (κ2) is 8.76. The van der Waals surface area contributed by atoms with Crippen LogP contribution in [0.4, 0.5) is 0 Å². The molecule has 0 amide bonds. The van der Waals surface area contributed by atoms with E-state index >= 15 is 0 Å². The zero-order valence-electron chi connectivity index (χ0n) is 13.6. The lowest BCUT2D eigenvalue weighted by Crippen LogP contribution is -2.53. The molecule has 0 spiro atoms. The van der Waals surface area contributed by atoms with Gasteiger partial charge in [0.05, 0.1) is 0 Å². The molecule has 1 N–H and O–H groups in total. The Kier molecular flexibility index (Phi) is 7.00. The van der Waals surface area contributed by atoms with Crippen molar-refractivity contribution in [1.82, 2.24) is 15.2 Å². The van der Waals surface area contributed by atoms with Gasteiger partial charge in [-0.25, -0.2) is 0 Å². The van der Waals surface area contributed by atoms with Gasteiger partial charge in [-0.15, -0.1) is 0 Å². The fourth-order valence-electron chi connectivity index (χ4n) is 2.81. The van der Waals surface area contributed by atoms with E-state index < -0.39 is 0 Å². The van der Waals surface area contributed by atoms with E-state index in [2.05, 4.69) is 60.0 Å². The molecule has 2 heterocycles. The predicted molar refractivity (Wildman–Crippen MR) is 93.1 cm³/mol. The van der Waals surface area contributed by atoms with Crippen molar-refractivity contribution in [3.63, 3.8) is 0 Å². The first-order valence-corrected chi connectivity index (χ1v) is 9.35. The van der Waals surface area contributed by atoms with Crippen LogP contribution in [-0.2, 0) is 12.8 Å². The maximum atomic E-state index is 4.65. The van der Waals surface area contributed by atoms with Crippen LogP contribution in [0.25, 0.3) is 0 Å². The zero-order chi connectivity index (χ0) is 15.1. The Morgan fingerprint density at radius 3 is 2.90 bits per heavy atom. The van der Waals surface area contributed by atoms with Crippen molar-refractivity contribution in [3.05, 3.63) is 29.6 Å². The number of aromatic nitrogens is 1. The molecule has 1 aromatic rings. The first-order chi connectivity index (χ1) is 10.2. The van der Waals surface area contributed by atoms with E-state index in [-0.39, 0.29) is 0 Å². The molecule has 0 aromatic carbocycles. The van der Waals surface area contributed by atoms with E-state index in [0.29, 0.717) is 12.1 Å². The standard InChI is InChI=1S/C17H29N3S/c1-4-8-18-16(17-13-21-10-9-20(17)3)11-15-7-6-14(5-2)12-19-15/h6-7,12,16-18H,4-5,8-11,13H2,1-3H3. The molecular formula is C17H29N3S. The van der Waals surface area contributed by atoms with Crippen molar-refractivity contribution < 1.29 is 0 Å². The molecular weight excluding hydrogens is 278 g/mol. The lowest BCUT2D eigenvalue weighted by atomic mass is 10.0. The van der Waals surface area contributed by atoms with Crippen LogP contribution >= 0.6 is 11.8 Å². The first kappa shape index (κ1) is 16.8. The Balaban J connectivity index is 2.03. The fraction of sp³-hybridized carbons (Fsp3) is 0.706. The van der Waals surface area contributed by atoms with Gasteiger partial charge < -0.3 is 10.2 Å². The Morgan fingerprint density at radius 2 is 2.29 bits per heavy atom. The summed E-state index contributed by atoms with van der Waals surface area (Å²) < 4.78 is 0. The van der Waals surface area contributed by atoms with E-state index in [1.54, 1.807) is 0 Å². The number of hydrogen-bond acceptors (Lipinski definition) is 4. The summed E-state index contributed by atoms with van der Waals surface area (Å²) in [7, 11) is 2.26. The van der Waals surface area contributed by atoms with Crippen LogP contribution in [0.3, 0.4) is 0 Å². The highest BCUT2D eigenvalue weighted by atomic mass is 32.2. The Morgan fingerprint density at radius 1 is 1.43 bits per heavy atom. The third-order valence-electron chi connectivity index (χ3n) is 4.29. The van der Waals surface area contributed by atoms with Crippen molar-refractivity contribution in [1.29, 1.82) is 0 Å². The van der Waals surface area contributed by atoms with Gasteiger partial charge in [0.1, 0.15) is 0 Å². The highest BCUT2D eigenvalue weighted by Gasteiger charge is 2.27. The summed E-state index contributed by atoms with van der Waals surface area (Å²) in [5.41, 5.74) is 2.53. The van der Waals surface area contributed by atoms with Crippen LogP contribution in [0.15, 0.2) is 18.3 Å². The SMILES string of the molecule is CCCNC(Cc1ccc(CC)cn1)C1CSCCN1C. The van der Waals surface area contributed by atoms with Gasteiger partial charge >= 0.3 is 0 Å². The maximum Gasteiger partial charge on any atom is 0.0419 e. The smallest absolute Gasteiger partial charge is 0.0419 e. The number of thioether (sulfide) groups is 1. The molecule has 3 nitrogen and oxygen atoms in total. The van der Waals surface area contributed by atoms with E-state index in [1.165, 1.54) is 35.7 Å². The third-order valence-corrected chi connectivity index (χ3v) is 5.34. The average Bonchev–Trinajstić information content (AvgIpc) is 2.53. The summed E-state index contributed by atoms with van der Waals surface area (Å²) in [5.74, 6) is 2.49. The van der Waals surface area contributed by atoms with Crippen molar-refractivity contribution in [2.24, 2.45) is 0 Å². The number of hydrogen-bond donors (Lipinski definition) is 1. The molecule has 1 saturated heterocycles. The van der Waals surface area contributed by atoms with Gasteiger partial charge in [0.25, 0.3) is 0 Å². The molecule has 0 aliphatic carbocycles. The van der Waals surface area contributed by atoms with Crippen molar-refractivity contribution in [3.8, 4) is 0 Å². The largest absolute Gasteiger partial charge is 0.312 e. The topological polar surface area (TPSA) is 28.2 Å². The van der Waals surface area contributed by atoms with Crippen molar-refractivity contribution in [2.45, 2.75) is 45.2 Å². The maximum absolute atomic E-state index is 4.65. The summed E-state index contributed by atoms with van der Waals surface area (Å²) in [5, 5.41) is 3.75. The van der Waals surface area contributed by atoms with Gasteiger partial charge in [-0.05, 0) is 38.1 Å². The van der Waals surface area contributed by atoms with Crippen LogP contribution < -0.4 is 5.32 Å². The Labute approximate surface area is 133 Å². The molecule has 1 fully saturated rings. The highest BCUT2D eigenvalue weighted by Crippen LogP contribution is 2.19. The molecule has 4 heteroatoms. The second-order valence-electron chi connectivity index (χ2n) is 5.90. The molecule has 1 aromatic heterocycles. The lowest BCUT2D eigenvalue weighted by molar-refractivity contribution is 0.213. The van der Waals surface area contributed by atoms with Gasteiger partial charge in [0.2, 0.25) is 0 Å². The summed E-state index contributed by atoms with van der Waals surface area (Å²) >= 11 is 2.08. The minimum atomic E-state index is 0.503.